The zero-order chi connectivity index (χ0) is 21.7. The number of rotatable bonds is 8. The van der Waals surface area contributed by atoms with Crippen molar-refractivity contribution in [3.63, 3.8) is 0 Å². The van der Waals surface area contributed by atoms with Crippen LogP contribution in [0.2, 0.25) is 0 Å². The molecule has 4 aromatic rings. The third-order valence-electron chi connectivity index (χ3n) is 5.66. The molecule has 0 radical (unpaired) electrons. The molecule has 32 heavy (non-hydrogen) atoms. The van der Waals surface area contributed by atoms with Crippen molar-refractivity contribution in [2.24, 2.45) is 5.73 Å². The molecule has 0 spiro atoms. The maximum absolute atomic E-state index is 9.39. The Morgan fingerprint density at radius 2 is 1.38 bits per heavy atom. The molecule has 0 fully saturated rings. The summed E-state index contributed by atoms with van der Waals surface area (Å²) in [5, 5.41) is 21.3. The number of nitrogens with two attached hydrogens (primary N) is 1. The Kier molecular flexibility index (Phi) is 8.35. The smallest absolute Gasteiger partial charge is 0.0633 e. The Morgan fingerprint density at radius 3 is 2.06 bits per heavy atom. The number of hydrogen-bond acceptors (Lipinski definition) is 4. The predicted molar refractivity (Wildman–Crippen MR) is 137 cm³/mol. The Balaban J connectivity index is 0.00000289. The second-order valence-electron chi connectivity index (χ2n) is 7.95. The van der Waals surface area contributed by atoms with Crippen molar-refractivity contribution in [2.45, 2.75) is 28.2 Å². The molecule has 0 aliphatic rings. The molecule has 0 saturated carbocycles. The van der Waals surface area contributed by atoms with Crippen LogP contribution in [0.1, 0.15) is 12.0 Å². The summed E-state index contributed by atoms with van der Waals surface area (Å²) in [6, 6.07) is 31.9. The minimum absolute atomic E-state index is 0. The highest BCUT2D eigenvalue weighted by Crippen LogP contribution is 2.37. The molecule has 4 rings (SSSR count). The van der Waals surface area contributed by atoms with Crippen LogP contribution in [0.3, 0.4) is 0 Å². The zero-order valence-electron chi connectivity index (χ0n) is 17.8. The van der Waals surface area contributed by atoms with Gasteiger partial charge in [0.25, 0.3) is 0 Å². The van der Waals surface area contributed by atoms with E-state index in [0.717, 1.165) is 5.56 Å². The van der Waals surface area contributed by atoms with Crippen LogP contribution in [-0.2, 0) is 6.42 Å². The molecule has 0 aliphatic heterocycles. The van der Waals surface area contributed by atoms with Crippen LogP contribution in [0.15, 0.2) is 101 Å². The van der Waals surface area contributed by atoms with E-state index < -0.39 is 5.54 Å². The second-order valence-corrected chi connectivity index (χ2v) is 9.06. The molecule has 4 N–H and O–H groups in total. The van der Waals surface area contributed by atoms with E-state index in [1.54, 1.807) is 11.8 Å². The molecule has 4 aromatic carbocycles. The summed E-state index contributed by atoms with van der Waals surface area (Å²) < 4.78 is 0. The summed E-state index contributed by atoms with van der Waals surface area (Å²) >= 11 is 1.78. The highest BCUT2D eigenvalue weighted by Gasteiger charge is 2.22. The lowest BCUT2D eigenvalue weighted by Crippen LogP contribution is -2.47. The van der Waals surface area contributed by atoms with Crippen LogP contribution in [0.25, 0.3) is 21.9 Å². The van der Waals surface area contributed by atoms with Gasteiger partial charge in [-0.15, -0.1) is 12.4 Å². The van der Waals surface area contributed by atoms with Gasteiger partial charge in [0, 0.05) is 9.79 Å². The van der Waals surface area contributed by atoms with Gasteiger partial charge in [0.2, 0.25) is 0 Å². The summed E-state index contributed by atoms with van der Waals surface area (Å²) in [6.45, 7) is -0.443. The van der Waals surface area contributed by atoms with Crippen LogP contribution in [0.5, 0.6) is 0 Å². The number of aliphatic hydroxyl groups excluding tert-OH is 2. The number of halogens is 1. The monoisotopic (exact) mass is 465 g/mol. The highest BCUT2D eigenvalue weighted by atomic mass is 35.5. The summed E-state index contributed by atoms with van der Waals surface area (Å²) in [6.07, 6.45) is 1.25. The fourth-order valence-corrected chi connectivity index (χ4v) is 4.67. The lowest BCUT2D eigenvalue weighted by molar-refractivity contribution is 0.115. The second kappa shape index (κ2) is 11.0. The molecule has 0 bridgehead atoms. The fraction of sp³-hybridized carbons (Fsp3) is 0.185. The summed E-state index contributed by atoms with van der Waals surface area (Å²) in [7, 11) is 0. The van der Waals surface area contributed by atoms with Crippen molar-refractivity contribution >= 4 is 34.9 Å². The summed E-state index contributed by atoms with van der Waals surface area (Å²) in [5.41, 5.74) is 8.58. The molecule has 0 saturated heterocycles. The van der Waals surface area contributed by atoms with Gasteiger partial charge >= 0.3 is 0 Å². The van der Waals surface area contributed by atoms with Gasteiger partial charge in [0.15, 0.2) is 0 Å². The van der Waals surface area contributed by atoms with E-state index in [1.807, 2.05) is 6.07 Å². The van der Waals surface area contributed by atoms with Crippen LogP contribution < -0.4 is 5.73 Å². The average Bonchev–Trinajstić information content (AvgIpc) is 2.83. The molecule has 0 heterocycles. The van der Waals surface area contributed by atoms with Crippen LogP contribution in [0, 0.1) is 0 Å². The lowest BCUT2D eigenvalue weighted by atomic mass is 9.92. The minimum Gasteiger partial charge on any atom is -0.394 e. The van der Waals surface area contributed by atoms with E-state index in [2.05, 4.69) is 84.9 Å². The van der Waals surface area contributed by atoms with Crippen molar-refractivity contribution in [1.82, 2.24) is 0 Å². The van der Waals surface area contributed by atoms with Gasteiger partial charge in [-0.25, -0.2) is 0 Å². The average molecular weight is 466 g/mol. The van der Waals surface area contributed by atoms with Gasteiger partial charge < -0.3 is 15.9 Å². The maximum atomic E-state index is 9.39. The minimum atomic E-state index is -0.929. The fourth-order valence-electron chi connectivity index (χ4n) is 3.69. The number of aliphatic hydroxyl groups is 2. The third-order valence-corrected chi connectivity index (χ3v) is 6.74. The van der Waals surface area contributed by atoms with Crippen molar-refractivity contribution in [2.75, 3.05) is 13.2 Å². The Bertz CT molecular complexity index is 1150. The topological polar surface area (TPSA) is 66.5 Å². The highest BCUT2D eigenvalue weighted by molar-refractivity contribution is 7.99. The Labute approximate surface area is 199 Å². The molecule has 3 nitrogen and oxygen atoms in total. The molecule has 0 aromatic heterocycles. The first-order valence-corrected chi connectivity index (χ1v) is 11.3. The predicted octanol–water partition coefficient (Wildman–Crippen LogP) is 5.69. The van der Waals surface area contributed by atoms with Crippen molar-refractivity contribution in [1.29, 1.82) is 0 Å². The van der Waals surface area contributed by atoms with Crippen molar-refractivity contribution in [3.05, 3.63) is 96.6 Å². The van der Waals surface area contributed by atoms with Crippen molar-refractivity contribution in [3.8, 4) is 11.1 Å². The third kappa shape index (κ3) is 5.52. The summed E-state index contributed by atoms with van der Waals surface area (Å²) in [4.78, 5) is 2.47. The molecular weight excluding hydrogens is 438 g/mol. The molecule has 0 amide bonds. The number of aryl methyl sites for hydroxylation is 1. The molecule has 0 unspecified atom stereocenters. The maximum Gasteiger partial charge on any atom is 0.0633 e. The van der Waals surface area contributed by atoms with Crippen molar-refractivity contribution < 1.29 is 10.2 Å². The number of hydrogen-bond donors (Lipinski definition) is 3. The largest absolute Gasteiger partial charge is 0.394 e. The molecule has 0 aliphatic carbocycles. The van der Waals surface area contributed by atoms with Crippen LogP contribution in [-0.4, -0.2) is 29.0 Å². The Morgan fingerprint density at radius 1 is 0.719 bits per heavy atom. The van der Waals surface area contributed by atoms with Gasteiger partial charge in [-0.1, -0.05) is 84.6 Å². The van der Waals surface area contributed by atoms with E-state index >= 15 is 0 Å². The van der Waals surface area contributed by atoms with Crippen LogP contribution >= 0.6 is 24.2 Å². The van der Waals surface area contributed by atoms with Gasteiger partial charge in [-0.3, -0.25) is 0 Å². The van der Waals surface area contributed by atoms with Gasteiger partial charge in [-0.2, -0.15) is 0 Å². The molecular formula is C27H28ClNO2S. The molecule has 5 heteroatoms. The van der Waals surface area contributed by atoms with Gasteiger partial charge in [-0.05, 0) is 58.5 Å². The van der Waals surface area contributed by atoms with E-state index in [-0.39, 0.29) is 25.6 Å². The van der Waals surface area contributed by atoms with Gasteiger partial charge in [0.05, 0.1) is 18.8 Å². The normalized spacial score (nSPS) is 11.3. The molecule has 166 valence electrons. The quantitative estimate of drug-likeness (QED) is 0.312. The standard InChI is InChI=1S/C27H27NO2S.ClH/c28-27(18-29,19-30)17-16-20-12-14-21(15-13-20)23-8-4-10-25-24(23)9-5-11-26(25)31-22-6-2-1-3-7-22;/h1-15,29-30H,16-19,28H2;1H. The first-order valence-electron chi connectivity index (χ1n) is 10.5. The number of benzene rings is 4. The van der Waals surface area contributed by atoms with E-state index in [4.69, 9.17) is 5.73 Å². The lowest BCUT2D eigenvalue weighted by Gasteiger charge is -2.24. The van der Waals surface area contributed by atoms with Gasteiger partial charge in [0.1, 0.15) is 0 Å². The first kappa shape index (κ1) is 24.3. The van der Waals surface area contributed by atoms with E-state index in [0.29, 0.717) is 12.8 Å². The summed E-state index contributed by atoms with van der Waals surface area (Å²) in [5.74, 6) is 0. The number of fused-ring (bicyclic) bond motifs is 1. The Hall–Kier alpha value is -2.34. The van der Waals surface area contributed by atoms with E-state index in [1.165, 1.54) is 31.7 Å². The molecule has 0 atom stereocenters. The SMILES string of the molecule is Cl.NC(CO)(CO)CCc1ccc(-c2cccc3c(Sc4ccccc4)cccc23)cc1. The first-order chi connectivity index (χ1) is 15.1. The van der Waals surface area contributed by atoms with E-state index in [9.17, 15) is 10.2 Å². The van der Waals surface area contributed by atoms with Crippen LogP contribution in [0.4, 0.5) is 0 Å². The zero-order valence-corrected chi connectivity index (χ0v) is 19.4.